The molecule has 2 rings (SSSR count). The van der Waals surface area contributed by atoms with Crippen LogP contribution in [-0.2, 0) is 11.3 Å². The summed E-state index contributed by atoms with van der Waals surface area (Å²) in [6.07, 6.45) is 2.96. The normalized spacial score (nSPS) is 12.6. The summed E-state index contributed by atoms with van der Waals surface area (Å²) in [4.78, 5) is 11.8. The molecule has 0 saturated heterocycles. The first-order chi connectivity index (χ1) is 9.60. The van der Waals surface area contributed by atoms with Crippen LogP contribution in [0.2, 0.25) is 5.02 Å². The van der Waals surface area contributed by atoms with E-state index in [-0.39, 0.29) is 18.6 Å². The van der Waals surface area contributed by atoms with E-state index in [4.69, 9.17) is 16.7 Å². The lowest BCUT2D eigenvalue weighted by Crippen LogP contribution is -2.33. The third-order valence-electron chi connectivity index (χ3n) is 3.28. The maximum absolute atomic E-state index is 11.8. The van der Waals surface area contributed by atoms with Crippen molar-refractivity contribution >= 4 is 28.4 Å². The number of rotatable bonds is 6. The van der Waals surface area contributed by atoms with E-state index in [1.807, 2.05) is 42.0 Å². The van der Waals surface area contributed by atoms with Crippen molar-refractivity contribution in [3.63, 3.8) is 0 Å². The van der Waals surface area contributed by atoms with Gasteiger partial charge in [-0.15, -0.1) is 0 Å². The number of amides is 1. The van der Waals surface area contributed by atoms with Crippen molar-refractivity contribution in [3.8, 4) is 0 Å². The Kier molecular flexibility index (Phi) is 5.04. The van der Waals surface area contributed by atoms with Crippen molar-refractivity contribution in [2.45, 2.75) is 32.4 Å². The first-order valence-corrected chi connectivity index (χ1v) is 7.12. The molecule has 0 bridgehead atoms. The molecule has 2 N–H and O–H groups in total. The number of hydrogen-bond acceptors (Lipinski definition) is 2. The summed E-state index contributed by atoms with van der Waals surface area (Å²) in [5.74, 6) is 0.00163. The highest BCUT2D eigenvalue weighted by Crippen LogP contribution is 2.20. The molecule has 1 aromatic carbocycles. The predicted molar refractivity (Wildman–Crippen MR) is 80.9 cm³/mol. The molecule has 1 unspecified atom stereocenters. The lowest BCUT2D eigenvalue weighted by Gasteiger charge is -2.12. The Morgan fingerprint density at radius 1 is 1.45 bits per heavy atom. The second kappa shape index (κ2) is 6.77. The summed E-state index contributed by atoms with van der Waals surface area (Å²) in [6.45, 7) is 2.61. The number of halogens is 1. The van der Waals surface area contributed by atoms with Gasteiger partial charge in [0.1, 0.15) is 0 Å². The molecule has 4 nitrogen and oxygen atoms in total. The minimum Gasteiger partial charge on any atom is -0.396 e. The van der Waals surface area contributed by atoms with Crippen molar-refractivity contribution in [1.29, 1.82) is 0 Å². The Labute approximate surface area is 123 Å². The zero-order valence-electron chi connectivity index (χ0n) is 11.5. The molecule has 1 atom stereocenters. The molecule has 0 aliphatic heterocycles. The summed E-state index contributed by atoms with van der Waals surface area (Å²) in [5.41, 5.74) is 1.07. The highest BCUT2D eigenvalue weighted by Gasteiger charge is 2.08. The monoisotopic (exact) mass is 294 g/mol. The Bertz CT molecular complexity index is 595. The molecule has 5 heteroatoms. The first kappa shape index (κ1) is 14.9. The van der Waals surface area contributed by atoms with Crippen molar-refractivity contribution in [3.05, 3.63) is 35.5 Å². The molecule has 1 aromatic heterocycles. The fourth-order valence-electron chi connectivity index (χ4n) is 2.20. The second-order valence-electron chi connectivity index (χ2n) is 4.94. The zero-order chi connectivity index (χ0) is 14.5. The van der Waals surface area contributed by atoms with E-state index in [9.17, 15) is 4.79 Å². The van der Waals surface area contributed by atoms with E-state index >= 15 is 0 Å². The average Bonchev–Trinajstić information content (AvgIpc) is 2.78. The molecular formula is C15H19ClN2O2. The van der Waals surface area contributed by atoms with Gasteiger partial charge < -0.3 is 15.0 Å². The van der Waals surface area contributed by atoms with Gasteiger partial charge in [0.15, 0.2) is 0 Å². The summed E-state index contributed by atoms with van der Waals surface area (Å²) in [7, 11) is 0. The molecule has 108 valence electrons. The highest BCUT2D eigenvalue weighted by atomic mass is 35.5. The van der Waals surface area contributed by atoms with E-state index < -0.39 is 0 Å². The maximum Gasteiger partial charge on any atom is 0.222 e. The summed E-state index contributed by atoms with van der Waals surface area (Å²) in [6, 6.07) is 7.73. The molecule has 0 aliphatic carbocycles. The molecule has 0 radical (unpaired) electrons. The van der Waals surface area contributed by atoms with E-state index in [0.717, 1.165) is 10.9 Å². The quantitative estimate of drug-likeness (QED) is 0.860. The highest BCUT2D eigenvalue weighted by molar-refractivity contribution is 6.31. The number of nitrogens with zero attached hydrogens (tertiary/aromatic N) is 1. The average molecular weight is 295 g/mol. The van der Waals surface area contributed by atoms with Crippen LogP contribution in [0.1, 0.15) is 19.8 Å². The molecule has 1 heterocycles. The van der Waals surface area contributed by atoms with E-state index in [1.165, 1.54) is 0 Å². The molecule has 20 heavy (non-hydrogen) atoms. The van der Waals surface area contributed by atoms with Crippen LogP contribution in [-0.4, -0.2) is 28.2 Å². The van der Waals surface area contributed by atoms with E-state index in [1.54, 1.807) is 0 Å². The Balaban J connectivity index is 1.94. The minimum atomic E-state index is 0.00163. The van der Waals surface area contributed by atoms with Gasteiger partial charge in [-0.2, -0.15) is 0 Å². The van der Waals surface area contributed by atoms with Crippen LogP contribution in [0.3, 0.4) is 0 Å². The van der Waals surface area contributed by atoms with Gasteiger partial charge in [0, 0.05) is 47.7 Å². The van der Waals surface area contributed by atoms with Gasteiger partial charge in [-0.1, -0.05) is 11.6 Å². The van der Waals surface area contributed by atoms with Gasteiger partial charge in [-0.3, -0.25) is 4.79 Å². The van der Waals surface area contributed by atoms with Crippen molar-refractivity contribution in [2.24, 2.45) is 0 Å². The molecule has 0 aliphatic rings. The number of carbonyl (C=O) groups excluding carboxylic acids is 1. The molecule has 1 amide bonds. The molecule has 0 fully saturated rings. The SMILES string of the molecule is CC(CCO)NC(=O)CCn1ccc2cc(Cl)ccc21. The predicted octanol–water partition coefficient (Wildman–Crippen LogP) is 2.57. The molecule has 0 saturated carbocycles. The van der Waals surface area contributed by atoms with Crippen LogP contribution < -0.4 is 5.32 Å². The van der Waals surface area contributed by atoms with Gasteiger partial charge in [-0.25, -0.2) is 0 Å². The minimum absolute atomic E-state index is 0.00163. The zero-order valence-corrected chi connectivity index (χ0v) is 12.2. The smallest absolute Gasteiger partial charge is 0.222 e. The van der Waals surface area contributed by atoms with Crippen LogP contribution in [0, 0.1) is 0 Å². The number of aryl methyl sites for hydroxylation is 1. The van der Waals surface area contributed by atoms with E-state index in [0.29, 0.717) is 24.4 Å². The van der Waals surface area contributed by atoms with Gasteiger partial charge in [0.25, 0.3) is 0 Å². The number of carbonyl (C=O) groups is 1. The van der Waals surface area contributed by atoms with Crippen molar-refractivity contribution in [2.75, 3.05) is 6.61 Å². The van der Waals surface area contributed by atoms with Crippen LogP contribution >= 0.6 is 11.6 Å². The Hall–Kier alpha value is -1.52. The standard InChI is InChI=1S/C15H19ClN2O2/c1-11(6-9-19)17-15(20)5-8-18-7-4-12-10-13(16)2-3-14(12)18/h2-4,7,10-11,19H,5-6,8-9H2,1H3,(H,17,20). The number of aliphatic hydroxyl groups is 1. The Morgan fingerprint density at radius 2 is 2.25 bits per heavy atom. The number of aliphatic hydroxyl groups excluding tert-OH is 1. The van der Waals surface area contributed by atoms with Gasteiger partial charge >= 0.3 is 0 Å². The van der Waals surface area contributed by atoms with Crippen LogP contribution in [0.5, 0.6) is 0 Å². The molecular weight excluding hydrogens is 276 g/mol. The fourth-order valence-corrected chi connectivity index (χ4v) is 2.38. The maximum atomic E-state index is 11.8. The lowest BCUT2D eigenvalue weighted by atomic mass is 10.2. The summed E-state index contributed by atoms with van der Waals surface area (Å²) < 4.78 is 2.04. The Morgan fingerprint density at radius 3 is 3.00 bits per heavy atom. The summed E-state index contributed by atoms with van der Waals surface area (Å²) >= 11 is 5.95. The first-order valence-electron chi connectivity index (χ1n) is 6.75. The topological polar surface area (TPSA) is 54.3 Å². The largest absolute Gasteiger partial charge is 0.396 e. The van der Waals surface area contributed by atoms with Crippen LogP contribution in [0.15, 0.2) is 30.5 Å². The lowest BCUT2D eigenvalue weighted by molar-refractivity contribution is -0.121. The number of fused-ring (bicyclic) bond motifs is 1. The van der Waals surface area contributed by atoms with Crippen molar-refractivity contribution < 1.29 is 9.90 Å². The van der Waals surface area contributed by atoms with Crippen molar-refractivity contribution in [1.82, 2.24) is 9.88 Å². The summed E-state index contributed by atoms with van der Waals surface area (Å²) in [5, 5.41) is 13.5. The second-order valence-corrected chi connectivity index (χ2v) is 5.38. The number of benzene rings is 1. The number of hydrogen-bond donors (Lipinski definition) is 2. The molecule has 0 spiro atoms. The van der Waals surface area contributed by atoms with E-state index in [2.05, 4.69) is 5.32 Å². The van der Waals surface area contributed by atoms with Gasteiger partial charge in [-0.05, 0) is 37.6 Å². The van der Waals surface area contributed by atoms with Crippen LogP contribution in [0.4, 0.5) is 0 Å². The van der Waals surface area contributed by atoms with Gasteiger partial charge in [0.05, 0.1) is 0 Å². The van der Waals surface area contributed by atoms with Crippen LogP contribution in [0.25, 0.3) is 10.9 Å². The third-order valence-corrected chi connectivity index (χ3v) is 3.52. The number of aromatic nitrogens is 1. The fraction of sp³-hybridized carbons (Fsp3) is 0.400. The third kappa shape index (κ3) is 3.74. The van der Waals surface area contributed by atoms with Gasteiger partial charge in [0.2, 0.25) is 5.91 Å². The number of nitrogens with one attached hydrogen (secondary N) is 1. The molecule has 2 aromatic rings.